The number of carboxylic acids is 1. The molecule has 3 nitrogen and oxygen atoms in total. The van der Waals surface area contributed by atoms with Crippen molar-refractivity contribution in [3.8, 4) is 5.75 Å². The van der Waals surface area contributed by atoms with Gasteiger partial charge in [-0.1, -0.05) is 66.2 Å². The second kappa shape index (κ2) is 7.48. The van der Waals surface area contributed by atoms with Crippen LogP contribution >= 0.6 is 11.6 Å². The highest BCUT2D eigenvalue weighted by molar-refractivity contribution is 6.33. The SMILES string of the molecule is COc1cccc(C=CC=C(C(=O)O)c2ccccc2)c1Cl. The molecule has 0 fully saturated rings. The predicted octanol–water partition coefficient (Wildman–Crippen LogP) is 4.53. The number of benzene rings is 2. The van der Waals surface area contributed by atoms with E-state index in [1.165, 1.54) is 0 Å². The fourth-order valence-electron chi connectivity index (χ4n) is 1.97. The average Bonchev–Trinajstić information content (AvgIpc) is 2.53. The van der Waals surface area contributed by atoms with Gasteiger partial charge in [-0.3, -0.25) is 0 Å². The molecular formula is C18H15ClO3. The molecule has 2 rings (SSSR count). The van der Waals surface area contributed by atoms with Crippen LogP contribution in [0.3, 0.4) is 0 Å². The summed E-state index contributed by atoms with van der Waals surface area (Å²) in [4.78, 5) is 11.4. The quantitative estimate of drug-likeness (QED) is 0.651. The van der Waals surface area contributed by atoms with Gasteiger partial charge in [0.25, 0.3) is 0 Å². The Hall–Kier alpha value is -2.52. The molecule has 22 heavy (non-hydrogen) atoms. The van der Waals surface area contributed by atoms with Gasteiger partial charge in [-0.15, -0.1) is 0 Å². The molecule has 0 aromatic heterocycles. The summed E-state index contributed by atoms with van der Waals surface area (Å²) in [5.74, 6) is -0.401. The van der Waals surface area contributed by atoms with Crippen molar-refractivity contribution in [1.82, 2.24) is 0 Å². The van der Waals surface area contributed by atoms with Gasteiger partial charge in [-0.2, -0.15) is 0 Å². The van der Waals surface area contributed by atoms with Gasteiger partial charge in [0.2, 0.25) is 0 Å². The van der Waals surface area contributed by atoms with Crippen molar-refractivity contribution < 1.29 is 14.6 Å². The largest absolute Gasteiger partial charge is 0.495 e. The highest BCUT2D eigenvalue weighted by atomic mass is 35.5. The molecule has 0 aliphatic rings. The highest BCUT2D eigenvalue weighted by Gasteiger charge is 2.08. The Morgan fingerprint density at radius 3 is 2.50 bits per heavy atom. The monoisotopic (exact) mass is 314 g/mol. The maximum atomic E-state index is 11.4. The molecule has 4 heteroatoms. The number of carboxylic acid groups (broad SMARTS) is 1. The molecule has 112 valence electrons. The lowest BCUT2D eigenvalue weighted by molar-refractivity contribution is -0.130. The minimum Gasteiger partial charge on any atom is -0.495 e. The number of allylic oxidation sites excluding steroid dienone is 2. The first-order chi connectivity index (χ1) is 10.6. The van der Waals surface area contributed by atoms with E-state index in [1.807, 2.05) is 18.2 Å². The fraction of sp³-hybridized carbons (Fsp3) is 0.0556. The van der Waals surface area contributed by atoms with Crippen LogP contribution in [0.15, 0.2) is 60.7 Å². The minimum atomic E-state index is -0.979. The van der Waals surface area contributed by atoms with Crippen LogP contribution in [0.2, 0.25) is 5.02 Å². The summed E-state index contributed by atoms with van der Waals surface area (Å²) in [6.07, 6.45) is 4.96. The number of ether oxygens (including phenoxy) is 1. The molecule has 1 N–H and O–H groups in total. The third-order valence-electron chi connectivity index (χ3n) is 3.07. The van der Waals surface area contributed by atoms with Gasteiger partial charge in [0, 0.05) is 0 Å². The molecule has 0 heterocycles. The zero-order valence-corrected chi connectivity index (χ0v) is 12.7. The molecule has 0 spiro atoms. The molecule has 0 aliphatic carbocycles. The Labute approximate surface area is 134 Å². The van der Waals surface area contributed by atoms with Gasteiger partial charge in [0.15, 0.2) is 0 Å². The molecule has 0 atom stereocenters. The number of carbonyl (C=O) groups is 1. The van der Waals surface area contributed by atoms with Gasteiger partial charge in [-0.25, -0.2) is 4.79 Å². The highest BCUT2D eigenvalue weighted by Crippen LogP contribution is 2.28. The van der Waals surface area contributed by atoms with E-state index in [-0.39, 0.29) is 5.57 Å². The molecule has 2 aromatic rings. The number of halogens is 1. The van der Waals surface area contributed by atoms with Crippen LogP contribution in [-0.2, 0) is 4.79 Å². The molecule has 0 aliphatic heterocycles. The van der Waals surface area contributed by atoms with Crippen molar-refractivity contribution in [2.24, 2.45) is 0 Å². The molecule has 0 bridgehead atoms. The smallest absolute Gasteiger partial charge is 0.336 e. The van der Waals surface area contributed by atoms with Gasteiger partial charge in [-0.05, 0) is 23.3 Å². The van der Waals surface area contributed by atoms with Crippen LogP contribution in [0.25, 0.3) is 11.6 Å². The topological polar surface area (TPSA) is 46.5 Å². The summed E-state index contributed by atoms with van der Waals surface area (Å²) in [6.45, 7) is 0. The van der Waals surface area contributed by atoms with E-state index in [2.05, 4.69) is 0 Å². The van der Waals surface area contributed by atoms with E-state index in [0.717, 1.165) is 5.56 Å². The molecule has 2 aromatic carbocycles. The van der Waals surface area contributed by atoms with E-state index in [1.54, 1.807) is 55.7 Å². The summed E-state index contributed by atoms with van der Waals surface area (Å²) in [7, 11) is 1.55. The van der Waals surface area contributed by atoms with E-state index in [9.17, 15) is 9.90 Å². The van der Waals surface area contributed by atoms with Gasteiger partial charge < -0.3 is 9.84 Å². The summed E-state index contributed by atoms with van der Waals surface area (Å²) >= 11 is 6.19. The second-order valence-electron chi connectivity index (χ2n) is 4.47. The first kappa shape index (κ1) is 15.9. The molecule has 0 amide bonds. The minimum absolute atomic E-state index is 0.218. The van der Waals surface area contributed by atoms with Gasteiger partial charge in [0.1, 0.15) is 5.75 Å². The van der Waals surface area contributed by atoms with E-state index < -0.39 is 5.97 Å². The van der Waals surface area contributed by atoms with Crippen LogP contribution in [0.5, 0.6) is 5.75 Å². The number of hydrogen-bond acceptors (Lipinski definition) is 2. The Morgan fingerprint density at radius 1 is 1.14 bits per heavy atom. The van der Waals surface area contributed by atoms with E-state index in [4.69, 9.17) is 16.3 Å². The van der Waals surface area contributed by atoms with E-state index >= 15 is 0 Å². The van der Waals surface area contributed by atoms with Crippen molar-refractivity contribution >= 4 is 29.2 Å². The lowest BCUT2D eigenvalue weighted by Gasteiger charge is -2.04. The Morgan fingerprint density at radius 2 is 1.86 bits per heavy atom. The lowest BCUT2D eigenvalue weighted by Crippen LogP contribution is -1.98. The van der Waals surface area contributed by atoms with Crippen molar-refractivity contribution in [3.63, 3.8) is 0 Å². The Kier molecular flexibility index (Phi) is 5.39. The van der Waals surface area contributed by atoms with Crippen molar-refractivity contribution in [2.45, 2.75) is 0 Å². The van der Waals surface area contributed by atoms with Crippen LogP contribution in [0.1, 0.15) is 11.1 Å². The van der Waals surface area contributed by atoms with Crippen molar-refractivity contribution in [1.29, 1.82) is 0 Å². The first-order valence-corrected chi connectivity index (χ1v) is 7.01. The van der Waals surface area contributed by atoms with Crippen LogP contribution in [0, 0.1) is 0 Å². The van der Waals surface area contributed by atoms with Gasteiger partial charge in [0.05, 0.1) is 17.7 Å². The van der Waals surface area contributed by atoms with Crippen molar-refractivity contribution in [3.05, 3.63) is 76.8 Å². The third kappa shape index (κ3) is 3.77. The lowest BCUT2D eigenvalue weighted by atomic mass is 10.1. The molecular weight excluding hydrogens is 300 g/mol. The maximum absolute atomic E-state index is 11.4. The van der Waals surface area contributed by atoms with Gasteiger partial charge >= 0.3 is 5.97 Å². The summed E-state index contributed by atoms with van der Waals surface area (Å²) in [6, 6.07) is 14.4. The average molecular weight is 315 g/mol. The third-order valence-corrected chi connectivity index (χ3v) is 3.47. The van der Waals surface area contributed by atoms with Crippen molar-refractivity contribution in [2.75, 3.05) is 7.11 Å². The standard InChI is InChI=1S/C18H15ClO3/c1-22-16-12-6-10-14(17(16)19)9-5-11-15(18(20)21)13-7-3-2-4-8-13/h2-12H,1H3,(H,20,21). The zero-order valence-electron chi connectivity index (χ0n) is 12.0. The first-order valence-electron chi connectivity index (χ1n) is 6.63. The van der Waals surface area contributed by atoms with Crippen LogP contribution < -0.4 is 4.74 Å². The molecule has 0 saturated heterocycles. The molecule has 0 saturated carbocycles. The number of hydrogen-bond donors (Lipinski definition) is 1. The summed E-state index contributed by atoms with van der Waals surface area (Å²) < 4.78 is 5.15. The maximum Gasteiger partial charge on any atom is 0.336 e. The molecule has 0 radical (unpaired) electrons. The number of rotatable bonds is 5. The van der Waals surface area contributed by atoms with Crippen LogP contribution in [0.4, 0.5) is 0 Å². The number of methoxy groups -OCH3 is 1. The predicted molar refractivity (Wildman–Crippen MR) is 89.1 cm³/mol. The fourth-order valence-corrected chi connectivity index (χ4v) is 2.24. The Bertz CT molecular complexity index is 718. The zero-order chi connectivity index (χ0) is 15.9. The molecule has 0 unspecified atom stereocenters. The summed E-state index contributed by atoms with van der Waals surface area (Å²) in [5, 5.41) is 9.80. The van der Waals surface area contributed by atoms with E-state index in [0.29, 0.717) is 16.3 Å². The normalized spacial score (nSPS) is 11.6. The second-order valence-corrected chi connectivity index (χ2v) is 4.85. The Balaban J connectivity index is 2.31. The van der Waals surface area contributed by atoms with Crippen LogP contribution in [-0.4, -0.2) is 18.2 Å². The number of aliphatic carboxylic acids is 1. The summed E-state index contributed by atoms with van der Waals surface area (Å²) in [5.41, 5.74) is 1.63.